The zero-order chi connectivity index (χ0) is 37.9. The van der Waals surface area contributed by atoms with Crippen LogP contribution in [0.5, 0.6) is 0 Å². The van der Waals surface area contributed by atoms with Crippen molar-refractivity contribution in [1.29, 1.82) is 0 Å². The molecule has 0 heterocycles. The van der Waals surface area contributed by atoms with E-state index in [1.165, 1.54) is 132 Å². The second-order valence-corrected chi connectivity index (χ2v) is 17.4. The van der Waals surface area contributed by atoms with Gasteiger partial charge in [0.15, 0.2) is 0 Å². The third-order valence-corrected chi connectivity index (χ3v) is 14.3. The maximum atomic E-state index is 2.66. The molecule has 0 aliphatic heterocycles. The molecule has 0 saturated heterocycles. The molecule has 8 aromatic rings. The standard InChI is InChI=1S/C56H45N/c1-55(2)48-24-12-8-20-42(48)46-32-29-38(34-52(46)55)57(54-40-19-7-6-18-37(40)28-31-41(54)36-16-4-3-5-17-36)39-30-33-47-45-23-11-15-27-51(45)56(53(47)35-39)49-25-13-9-21-43(49)44-22-10-14-26-50(44)56/h6-15,18-36H,3-5,16-17H2,1-2H3. The molecule has 0 atom stereocenters. The van der Waals surface area contributed by atoms with Crippen LogP contribution in [0.4, 0.5) is 17.1 Å². The van der Waals surface area contributed by atoms with Crippen LogP contribution in [0.15, 0.2) is 170 Å². The Morgan fingerprint density at radius 1 is 0.421 bits per heavy atom. The van der Waals surface area contributed by atoms with E-state index in [0.29, 0.717) is 5.92 Å². The Kier molecular flexibility index (Phi) is 7.04. The van der Waals surface area contributed by atoms with Crippen molar-refractivity contribution in [3.05, 3.63) is 209 Å². The smallest absolute Gasteiger partial charge is 0.0726 e. The number of nitrogens with zero attached hydrogens (tertiary/aromatic N) is 1. The molecule has 0 N–H and O–H groups in total. The van der Waals surface area contributed by atoms with Gasteiger partial charge in [-0.2, -0.15) is 0 Å². The molecule has 0 aromatic heterocycles. The Balaban J connectivity index is 1.17. The first-order valence-corrected chi connectivity index (χ1v) is 21.0. The lowest BCUT2D eigenvalue weighted by atomic mass is 9.70. The van der Waals surface area contributed by atoms with Crippen molar-refractivity contribution in [3.8, 4) is 33.4 Å². The number of rotatable bonds is 4. The van der Waals surface area contributed by atoms with Crippen molar-refractivity contribution in [2.75, 3.05) is 4.90 Å². The summed E-state index contributed by atoms with van der Waals surface area (Å²) in [5.74, 6) is 0.523. The van der Waals surface area contributed by atoms with Gasteiger partial charge in [0.05, 0.1) is 11.1 Å². The van der Waals surface area contributed by atoms with Crippen LogP contribution >= 0.6 is 0 Å². The van der Waals surface area contributed by atoms with Crippen molar-refractivity contribution < 1.29 is 0 Å². The van der Waals surface area contributed by atoms with Crippen LogP contribution in [0.25, 0.3) is 44.2 Å². The second-order valence-electron chi connectivity index (χ2n) is 17.4. The Hall–Kier alpha value is -6.18. The van der Waals surface area contributed by atoms with Crippen molar-refractivity contribution >= 4 is 27.8 Å². The quantitative estimate of drug-likeness (QED) is 0.174. The van der Waals surface area contributed by atoms with Gasteiger partial charge in [-0.3, -0.25) is 0 Å². The van der Waals surface area contributed by atoms with Crippen LogP contribution in [-0.4, -0.2) is 0 Å². The van der Waals surface area contributed by atoms with Crippen LogP contribution in [0.1, 0.15) is 90.8 Å². The Morgan fingerprint density at radius 2 is 0.895 bits per heavy atom. The fourth-order valence-corrected chi connectivity index (χ4v) is 11.7. The van der Waals surface area contributed by atoms with Crippen LogP contribution in [0, 0.1) is 0 Å². The van der Waals surface area contributed by atoms with Gasteiger partial charge in [-0.25, -0.2) is 0 Å². The predicted octanol–water partition coefficient (Wildman–Crippen LogP) is 15.0. The molecule has 0 radical (unpaired) electrons. The average Bonchev–Trinajstić information content (AvgIpc) is 3.82. The third kappa shape index (κ3) is 4.46. The van der Waals surface area contributed by atoms with E-state index in [0.717, 1.165) is 0 Å². The molecular formula is C56H45N. The highest BCUT2D eigenvalue weighted by Gasteiger charge is 2.51. The van der Waals surface area contributed by atoms with E-state index in [9.17, 15) is 0 Å². The molecule has 57 heavy (non-hydrogen) atoms. The molecular weight excluding hydrogens is 687 g/mol. The molecule has 0 bridgehead atoms. The van der Waals surface area contributed by atoms with Gasteiger partial charge in [-0.15, -0.1) is 0 Å². The maximum Gasteiger partial charge on any atom is 0.0726 e. The summed E-state index contributed by atoms with van der Waals surface area (Å²) >= 11 is 0. The van der Waals surface area contributed by atoms with Crippen molar-refractivity contribution in [3.63, 3.8) is 0 Å². The number of hydrogen-bond acceptors (Lipinski definition) is 1. The summed E-state index contributed by atoms with van der Waals surface area (Å²) in [5.41, 5.74) is 21.1. The van der Waals surface area contributed by atoms with Crippen LogP contribution < -0.4 is 4.90 Å². The van der Waals surface area contributed by atoms with Crippen molar-refractivity contribution in [1.82, 2.24) is 0 Å². The maximum absolute atomic E-state index is 2.66. The first-order chi connectivity index (χ1) is 28.0. The van der Waals surface area contributed by atoms with E-state index < -0.39 is 5.41 Å². The minimum absolute atomic E-state index is 0.112. The Bertz CT molecular complexity index is 2880. The summed E-state index contributed by atoms with van der Waals surface area (Å²) in [7, 11) is 0. The molecule has 1 heteroatoms. The fraction of sp³-hybridized carbons (Fsp3) is 0.179. The molecule has 12 rings (SSSR count). The minimum Gasteiger partial charge on any atom is -0.310 e. The largest absolute Gasteiger partial charge is 0.310 e. The van der Waals surface area contributed by atoms with Gasteiger partial charge < -0.3 is 4.90 Å². The van der Waals surface area contributed by atoms with E-state index >= 15 is 0 Å². The second kappa shape index (κ2) is 12.2. The average molecular weight is 732 g/mol. The predicted molar refractivity (Wildman–Crippen MR) is 238 cm³/mol. The highest BCUT2D eigenvalue weighted by Crippen LogP contribution is 2.63. The van der Waals surface area contributed by atoms with Gasteiger partial charge in [0.1, 0.15) is 0 Å². The molecule has 4 aliphatic carbocycles. The lowest BCUT2D eigenvalue weighted by Crippen LogP contribution is -2.26. The van der Waals surface area contributed by atoms with Gasteiger partial charge in [0.25, 0.3) is 0 Å². The van der Waals surface area contributed by atoms with Gasteiger partial charge >= 0.3 is 0 Å². The summed E-state index contributed by atoms with van der Waals surface area (Å²) in [4.78, 5) is 2.66. The number of hydrogen-bond donors (Lipinski definition) is 0. The summed E-state index contributed by atoms with van der Waals surface area (Å²) in [6.45, 7) is 4.81. The monoisotopic (exact) mass is 731 g/mol. The van der Waals surface area contributed by atoms with Gasteiger partial charge in [-0.05, 0) is 121 Å². The first kappa shape index (κ1) is 33.0. The van der Waals surface area contributed by atoms with E-state index in [1.54, 1.807) is 0 Å². The zero-order valence-electron chi connectivity index (χ0n) is 32.7. The lowest BCUT2D eigenvalue weighted by Gasteiger charge is -2.35. The van der Waals surface area contributed by atoms with Crippen LogP contribution in [0.3, 0.4) is 0 Å². The number of anilines is 3. The van der Waals surface area contributed by atoms with E-state index in [1.807, 2.05) is 0 Å². The first-order valence-electron chi connectivity index (χ1n) is 21.0. The van der Waals surface area contributed by atoms with Crippen molar-refractivity contribution in [2.45, 2.75) is 62.7 Å². The van der Waals surface area contributed by atoms with Gasteiger partial charge in [-0.1, -0.05) is 179 Å². The molecule has 1 spiro atoms. The van der Waals surface area contributed by atoms with Gasteiger partial charge in [0.2, 0.25) is 0 Å². The summed E-state index contributed by atoms with van der Waals surface area (Å²) in [5, 5.41) is 2.60. The number of benzene rings is 8. The third-order valence-electron chi connectivity index (χ3n) is 14.3. The van der Waals surface area contributed by atoms with E-state index in [4.69, 9.17) is 0 Å². The highest BCUT2D eigenvalue weighted by molar-refractivity contribution is 6.03. The highest BCUT2D eigenvalue weighted by atomic mass is 15.1. The van der Waals surface area contributed by atoms with Crippen LogP contribution in [0.2, 0.25) is 0 Å². The molecule has 1 nitrogen and oxygen atoms in total. The summed E-state index contributed by atoms with van der Waals surface area (Å²) < 4.78 is 0. The molecule has 4 aliphatic rings. The van der Waals surface area contributed by atoms with Gasteiger partial charge in [0, 0.05) is 22.2 Å². The lowest BCUT2D eigenvalue weighted by molar-refractivity contribution is 0.444. The topological polar surface area (TPSA) is 3.24 Å². The zero-order valence-corrected chi connectivity index (χ0v) is 32.7. The molecule has 274 valence electrons. The summed E-state index contributed by atoms with van der Waals surface area (Å²) in [6, 6.07) is 65.2. The minimum atomic E-state index is -0.409. The fourth-order valence-electron chi connectivity index (χ4n) is 11.7. The SMILES string of the molecule is CC1(C)c2ccccc2-c2ccc(N(c3ccc4c(c3)C3(c5ccccc5-c5ccccc53)c3ccccc3-4)c3c(C4CCCCC4)ccc4ccccc34)cc21. The Labute approximate surface area is 336 Å². The number of fused-ring (bicyclic) bond motifs is 14. The Morgan fingerprint density at radius 3 is 1.51 bits per heavy atom. The molecule has 1 fully saturated rings. The molecule has 0 unspecified atom stereocenters. The van der Waals surface area contributed by atoms with E-state index in [-0.39, 0.29) is 5.41 Å². The molecule has 1 saturated carbocycles. The summed E-state index contributed by atoms with van der Waals surface area (Å²) in [6.07, 6.45) is 6.39. The van der Waals surface area contributed by atoms with Crippen molar-refractivity contribution in [2.24, 2.45) is 0 Å². The molecule has 8 aromatic carbocycles. The van der Waals surface area contributed by atoms with E-state index in [2.05, 4.69) is 189 Å². The normalized spacial score (nSPS) is 16.5. The van der Waals surface area contributed by atoms with Crippen LogP contribution in [-0.2, 0) is 10.8 Å². The molecule has 0 amide bonds.